The molecule has 0 atom stereocenters. The van der Waals surface area contributed by atoms with Crippen LogP contribution >= 0.6 is 0 Å². The predicted octanol–water partition coefficient (Wildman–Crippen LogP) is 2.86. The SMILES string of the molecule is CCN(c1ccc(C(=O)Nc2cccc(F)c2)cc1)S(C)(=O)=O. The summed E-state index contributed by atoms with van der Waals surface area (Å²) < 4.78 is 37.7. The van der Waals surface area contributed by atoms with E-state index in [0.29, 0.717) is 23.5 Å². The Bertz CT molecular complexity index is 804. The number of amides is 1. The summed E-state index contributed by atoms with van der Waals surface area (Å²) in [7, 11) is -3.36. The fourth-order valence-electron chi connectivity index (χ4n) is 2.16. The lowest BCUT2D eigenvalue weighted by Gasteiger charge is -2.20. The minimum atomic E-state index is -3.36. The van der Waals surface area contributed by atoms with Crippen molar-refractivity contribution in [1.82, 2.24) is 0 Å². The van der Waals surface area contributed by atoms with Crippen LogP contribution in [-0.2, 0) is 10.0 Å². The fourth-order valence-corrected chi connectivity index (χ4v) is 3.13. The zero-order valence-corrected chi connectivity index (χ0v) is 13.6. The number of halogens is 1. The maximum Gasteiger partial charge on any atom is 0.255 e. The van der Waals surface area contributed by atoms with Gasteiger partial charge < -0.3 is 5.32 Å². The number of carbonyl (C=O) groups is 1. The van der Waals surface area contributed by atoms with Crippen LogP contribution in [-0.4, -0.2) is 27.1 Å². The van der Waals surface area contributed by atoms with Crippen LogP contribution in [0.1, 0.15) is 17.3 Å². The number of nitrogens with zero attached hydrogens (tertiary/aromatic N) is 1. The van der Waals surface area contributed by atoms with Crippen molar-refractivity contribution in [3.63, 3.8) is 0 Å². The molecule has 7 heteroatoms. The lowest BCUT2D eigenvalue weighted by atomic mass is 10.2. The largest absolute Gasteiger partial charge is 0.322 e. The van der Waals surface area contributed by atoms with Crippen LogP contribution in [0.4, 0.5) is 15.8 Å². The quantitative estimate of drug-likeness (QED) is 0.913. The molecular weight excluding hydrogens is 319 g/mol. The average Bonchev–Trinajstić information content (AvgIpc) is 2.47. The van der Waals surface area contributed by atoms with Gasteiger partial charge in [0.2, 0.25) is 10.0 Å². The smallest absolute Gasteiger partial charge is 0.255 e. The van der Waals surface area contributed by atoms with Gasteiger partial charge in [0.25, 0.3) is 5.91 Å². The molecule has 0 aromatic heterocycles. The second-order valence-electron chi connectivity index (χ2n) is 4.94. The molecule has 1 amide bonds. The second kappa shape index (κ2) is 6.78. The molecule has 2 rings (SSSR count). The molecule has 0 saturated heterocycles. The van der Waals surface area contributed by atoms with Gasteiger partial charge in [-0.2, -0.15) is 0 Å². The van der Waals surface area contributed by atoms with Gasteiger partial charge in [-0.3, -0.25) is 9.10 Å². The van der Waals surface area contributed by atoms with E-state index in [1.807, 2.05) is 0 Å². The summed E-state index contributed by atoms with van der Waals surface area (Å²) in [6, 6.07) is 11.8. The monoisotopic (exact) mass is 336 g/mol. The van der Waals surface area contributed by atoms with Crippen LogP contribution in [0.25, 0.3) is 0 Å². The van der Waals surface area contributed by atoms with Gasteiger partial charge in [-0.15, -0.1) is 0 Å². The Labute approximate surface area is 134 Å². The van der Waals surface area contributed by atoms with E-state index < -0.39 is 21.7 Å². The molecule has 23 heavy (non-hydrogen) atoms. The van der Waals surface area contributed by atoms with Crippen molar-refractivity contribution in [2.45, 2.75) is 6.92 Å². The summed E-state index contributed by atoms with van der Waals surface area (Å²) in [5.74, 6) is -0.838. The topological polar surface area (TPSA) is 66.5 Å². The summed E-state index contributed by atoms with van der Waals surface area (Å²) in [5.41, 5.74) is 1.19. The van der Waals surface area contributed by atoms with E-state index in [2.05, 4.69) is 5.32 Å². The third-order valence-electron chi connectivity index (χ3n) is 3.19. The molecule has 0 saturated carbocycles. The lowest BCUT2D eigenvalue weighted by Crippen LogP contribution is -2.29. The minimum absolute atomic E-state index is 0.299. The van der Waals surface area contributed by atoms with Crippen LogP contribution in [0.2, 0.25) is 0 Å². The van der Waals surface area contributed by atoms with Crippen molar-refractivity contribution < 1.29 is 17.6 Å². The molecule has 0 aliphatic heterocycles. The Morgan fingerprint density at radius 2 is 1.83 bits per heavy atom. The minimum Gasteiger partial charge on any atom is -0.322 e. The van der Waals surface area contributed by atoms with Crippen molar-refractivity contribution in [3.8, 4) is 0 Å². The molecule has 2 aromatic carbocycles. The lowest BCUT2D eigenvalue weighted by molar-refractivity contribution is 0.102. The van der Waals surface area contributed by atoms with Crippen LogP contribution in [0.5, 0.6) is 0 Å². The number of hydrogen-bond donors (Lipinski definition) is 1. The molecule has 0 spiro atoms. The van der Waals surface area contributed by atoms with Crippen LogP contribution in [0.3, 0.4) is 0 Å². The highest BCUT2D eigenvalue weighted by atomic mass is 32.2. The number of carbonyl (C=O) groups excluding carboxylic acids is 1. The first kappa shape index (κ1) is 17.0. The van der Waals surface area contributed by atoms with Gasteiger partial charge in [-0.1, -0.05) is 6.07 Å². The van der Waals surface area contributed by atoms with Crippen LogP contribution in [0, 0.1) is 5.82 Å². The first-order chi connectivity index (χ1) is 10.8. The van der Waals surface area contributed by atoms with Gasteiger partial charge in [-0.25, -0.2) is 12.8 Å². The zero-order chi connectivity index (χ0) is 17.0. The molecule has 0 bridgehead atoms. The van der Waals surface area contributed by atoms with Gasteiger partial charge >= 0.3 is 0 Å². The van der Waals surface area contributed by atoms with E-state index in [-0.39, 0.29) is 0 Å². The van der Waals surface area contributed by atoms with Crippen LogP contribution < -0.4 is 9.62 Å². The Morgan fingerprint density at radius 1 is 1.17 bits per heavy atom. The van der Waals surface area contributed by atoms with E-state index in [0.717, 1.165) is 6.26 Å². The van der Waals surface area contributed by atoms with E-state index in [1.165, 1.54) is 34.6 Å². The van der Waals surface area contributed by atoms with Gasteiger partial charge in [0.05, 0.1) is 11.9 Å². The number of benzene rings is 2. The van der Waals surface area contributed by atoms with Crippen molar-refractivity contribution in [2.24, 2.45) is 0 Å². The summed E-state index contributed by atoms with van der Waals surface area (Å²) in [5, 5.41) is 2.58. The van der Waals surface area contributed by atoms with E-state index in [9.17, 15) is 17.6 Å². The van der Waals surface area contributed by atoms with E-state index >= 15 is 0 Å². The molecule has 0 unspecified atom stereocenters. The second-order valence-corrected chi connectivity index (χ2v) is 6.85. The molecule has 5 nitrogen and oxygen atoms in total. The molecule has 0 aliphatic rings. The molecule has 2 aromatic rings. The summed E-state index contributed by atoms with van der Waals surface area (Å²) in [6.45, 7) is 2.03. The van der Waals surface area contributed by atoms with Crippen molar-refractivity contribution in [2.75, 3.05) is 22.4 Å². The number of sulfonamides is 1. The van der Waals surface area contributed by atoms with Gasteiger partial charge in [0.15, 0.2) is 0 Å². The van der Waals surface area contributed by atoms with Crippen molar-refractivity contribution >= 4 is 27.3 Å². The first-order valence-electron chi connectivity index (χ1n) is 6.96. The summed E-state index contributed by atoms with van der Waals surface area (Å²) >= 11 is 0. The van der Waals surface area contributed by atoms with E-state index in [1.54, 1.807) is 25.1 Å². The molecule has 122 valence electrons. The van der Waals surface area contributed by atoms with Crippen LogP contribution in [0.15, 0.2) is 48.5 Å². The highest BCUT2D eigenvalue weighted by Crippen LogP contribution is 2.19. The third kappa shape index (κ3) is 4.29. The molecule has 0 aliphatic carbocycles. The number of rotatable bonds is 5. The van der Waals surface area contributed by atoms with Crippen molar-refractivity contribution in [1.29, 1.82) is 0 Å². The highest BCUT2D eigenvalue weighted by molar-refractivity contribution is 7.92. The predicted molar refractivity (Wildman–Crippen MR) is 88.7 cm³/mol. The Balaban J connectivity index is 2.17. The summed E-state index contributed by atoms with van der Waals surface area (Å²) in [6.07, 6.45) is 1.13. The third-order valence-corrected chi connectivity index (χ3v) is 4.46. The molecule has 0 fully saturated rings. The zero-order valence-electron chi connectivity index (χ0n) is 12.8. The Morgan fingerprint density at radius 3 is 2.35 bits per heavy atom. The number of hydrogen-bond acceptors (Lipinski definition) is 3. The Hall–Kier alpha value is -2.41. The Kier molecular flexibility index (Phi) is 5.00. The van der Waals surface area contributed by atoms with Crippen molar-refractivity contribution in [3.05, 3.63) is 59.9 Å². The molecular formula is C16H17FN2O3S. The maximum absolute atomic E-state index is 13.1. The fraction of sp³-hybridized carbons (Fsp3) is 0.188. The number of anilines is 2. The highest BCUT2D eigenvalue weighted by Gasteiger charge is 2.15. The maximum atomic E-state index is 13.1. The molecule has 0 radical (unpaired) electrons. The van der Waals surface area contributed by atoms with Gasteiger partial charge in [0.1, 0.15) is 5.82 Å². The van der Waals surface area contributed by atoms with E-state index in [4.69, 9.17) is 0 Å². The molecule has 0 heterocycles. The standard InChI is InChI=1S/C16H17FN2O3S/c1-3-19(23(2,21)22)15-9-7-12(8-10-15)16(20)18-14-6-4-5-13(17)11-14/h4-11H,3H2,1-2H3,(H,18,20). The normalized spacial score (nSPS) is 11.1. The number of nitrogens with one attached hydrogen (secondary N) is 1. The van der Waals surface area contributed by atoms with Gasteiger partial charge in [0, 0.05) is 17.8 Å². The molecule has 1 N–H and O–H groups in total. The first-order valence-corrected chi connectivity index (χ1v) is 8.81. The summed E-state index contributed by atoms with van der Waals surface area (Å²) in [4.78, 5) is 12.1. The average molecular weight is 336 g/mol. The van der Waals surface area contributed by atoms with Gasteiger partial charge in [-0.05, 0) is 49.4 Å².